The molecule has 0 bridgehead atoms. The third-order valence-electron chi connectivity index (χ3n) is 4.51. The number of hydrogen-bond acceptors (Lipinski definition) is 8. The third-order valence-corrected chi connectivity index (χ3v) is 7.12. The molecule has 0 radical (unpaired) electrons. The summed E-state index contributed by atoms with van der Waals surface area (Å²) in [5.41, 5.74) is 2.29. The number of hydrogen-bond donors (Lipinski definition) is 1. The van der Waals surface area contributed by atoms with Crippen molar-refractivity contribution < 1.29 is 27.2 Å². The molecule has 0 saturated heterocycles. The van der Waals surface area contributed by atoms with E-state index in [-0.39, 0.29) is 10.6 Å². The standard InChI is InChI=1S/C21H23N3O6S2/c1-13-9-10-15(32(27,28)24(3)4)11-17(13)22-20(26)14(2)29-19(25)12-31-21-23-16-7-5-6-8-18(16)30-21/h5-11,14H,12H2,1-4H3,(H,22,26)/t14-/m1/s1. The van der Waals surface area contributed by atoms with Gasteiger partial charge >= 0.3 is 5.97 Å². The highest BCUT2D eigenvalue weighted by molar-refractivity contribution is 7.99. The Hall–Kier alpha value is -2.89. The third kappa shape index (κ3) is 5.47. The highest BCUT2D eigenvalue weighted by atomic mass is 32.2. The molecule has 11 heteroatoms. The molecule has 3 rings (SSSR count). The normalized spacial score (nSPS) is 12.7. The monoisotopic (exact) mass is 477 g/mol. The van der Waals surface area contributed by atoms with Crippen LogP contribution in [0.3, 0.4) is 0 Å². The van der Waals surface area contributed by atoms with Crippen molar-refractivity contribution in [1.29, 1.82) is 0 Å². The summed E-state index contributed by atoms with van der Waals surface area (Å²) in [6.45, 7) is 3.17. The minimum Gasteiger partial charge on any atom is -0.452 e. The molecule has 1 aromatic heterocycles. The number of fused-ring (bicyclic) bond motifs is 1. The number of nitrogens with one attached hydrogen (secondary N) is 1. The SMILES string of the molecule is Cc1ccc(S(=O)(=O)N(C)C)cc1NC(=O)[C@@H](C)OC(=O)CSc1nc2ccccc2o1. The number of anilines is 1. The second kappa shape index (κ2) is 9.72. The van der Waals surface area contributed by atoms with E-state index < -0.39 is 28.0 Å². The van der Waals surface area contributed by atoms with Gasteiger partial charge in [-0.15, -0.1) is 0 Å². The first-order valence-electron chi connectivity index (χ1n) is 9.60. The molecule has 0 aliphatic rings. The Balaban J connectivity index is 1.59. The van der Waals surface area contributed by atoms with Crippen molar-refractivity contribution in [3.63, 3.8) is 0 Å². The van der Waals surface area contributed by atoms with Crippen molar-refractivity contribution >= 4 is 50.4 Å². The number of aryl methyl sites for hydroxylation is 1. The average molecular weight is 478 g/mol. The van der Waals surface area contributed by atoms with E-state index in [0.717, 1.165) is 16.1 Å². The number of oxazole rings is 1. The van der Waals surface area contributed by atoms with Crippen molar-refractivity contribution in [3.05, 3.63) is 48.0 Å². The Labute approximate surface area is 190 Å². The summed E-state index contributed by atoms with van der Waals surface area (Å²) in [4.78, 5) is 29.0. The lowest BCUT2D eigenvalue weighted by atomic mass is 10.2. The van der Waals surface area contributed by atoms with Crippen molar-refractivity contribution in [2.75, 3.05) is 25.2 Å². The van der Waals surface area contributed by atoms with Gasteiger partial charge in [0.05, 0.1) is 4.90 Å². The van der Waals surface area contributed by atoms with Gasteiger partial charge in [-0.3, -0.25) is 9.59 Å². The van der Waals surface area contributed by atoms with Gasteiger partial charge in [0.25, 0.3) is 11.1 Å². The van der Waals surface area contributed by atoms with Gasteiger partial charge in [-0.05, 0) is 43.7 Å². The minimum absolute atomic E-state index is 0.0442. The van der Waals surface area contributed by atoms with E-state index in [1.54, 1.807) is 25.1 Å². The average Bonchev–Trinajstić information content (AvgIpc) is 3.16. The van der Waals surface area contributed by atoms with E-state index in [0.29, 0.717) is 27.6 Å². The molecular weight excluding hydrogens is 454 g/mol. The lowest BCUT2D eigenvalue weighted by Gasteiger charge is -2.16. The highest BCUT2D eigenvalue weighted by Gasteiger charge is 2.22. The van der Waals surface area contributed by atoms with Gasteiger partial charge in [-0.1, -0.05) is 30.0 Å². The number of sulfonamides is 1. The topological polar surface area (TPSA) is 119 Å². The van der Waals surface area contributed by atoms with E-state index >= 15 is 0 Å². The van der Waals surface area contributed by atoms with Crippen LogP contribution < -0.4 is 5.32 Å². The number of rotatable bonds is 8. The maximum atomic E-state index is 12.5. The van der Waals surface area contributed by atoms with Crippen LogP contribution >= 0.6 is 11.8 Å². The van der Waals surface area contributed by atoms with Crippen LogP contribution in [0, 0.1) is 6.92 Å². The van der Waals surface area contributed by atoms with E-state index in [4.69, 9.17) is 9.15 Å². The fourth-order valence-corrected chi connectivity index (χ4v) is 4.21. The zero-order chi connectivity index (χ0) is 23.5. The molecule has 0 saturated carbocycles. The fraction of sp³-hybridized carbons (Fsp3) is 0.286. The number of ether oxygens (including phenoxy) is 1. The Kier molecular flexibility index (Phi) is 7.22. The molecule has 0 aliphatic heterocycles. The number of thioether (sulfide) groups is 1. The lowest BCUT2D eigenvalue weighted by Crippen LogP contribution is -2.31. The fourth-order valence-electron chi connectivity index (χ4n) is 2.66. The number of esters is 1. The van der Waals surface area contributed by atoms with Crippen molar-refractivity contribution in [2.45, 2.75) is 30.1 Å². The summed E-state index contributed by atoms with van der Waals surface area (Å²) < 4.78 is 36.5. The molecule has 2 aromatic carbocycles. The molecule has 32 heavy (non-hydrogen) atoms. The molecule has 9 nitrogen and oxygen atoms in total. The van der Waals surface area contributed by atoms with Gasteiger partial charge in [0.15, 0.2) is 11.7 Å². The van der Waals surface area contributed by atoms with Crippen LogP contribution in [0.15, 0.2) is 57.0 Å². The van der Waals surface area contributed by atoms with E-state index in [2.05, 4.69) is 10.3 Å². The van der Waals surface area contributed by atoms with Gasteiger partial charge in [-0.2, -0.15) is 0 Å². The summed E-state index contributed by atoms with van der Waals surface area (Å²) in [6, 6.07) is 11.7. The van der Waals surface area contributed by atoms with Gasteiger partial charge in [0.2, 0.25) is 10.0 Å². The highest BCUT2D eigenvalue weighted by Crippen LogP contribution is 2.24. The Morgan fingerprint density at radius 2 is 1.94 bits per heavy atom. The van der Waals surface area contributed by atoms with Crippen molar-refractivity contribution in [2.24, 2.45) is 0 Å². The minimum atomic E-state index is -3.66. The van der Waals surface area contributed by atoms with E-state index in [9.17, 15) is 18.0 Å². The first-order valence-corrected chi connectivity index (χ1v) is 12.0. The van der Waals surface area contributed by atoms with Crippen LogP contribution in [0.1, 0.15) is 12.5 Å². The smallest absolute Gasteiger partial charge is 0.317 e. The number of para-hydroxylation sites is 2. The predicted octanol–water partition coefficient (Wildman–Crippen LogP) is 3.05. The van der Waals surface area contributed by atoms with Crippen LogP contribution in [-0.2, 0) is 24.3 Å². The second-order valence-corrected chi connectivity index (χ2v) is 10.2. The van der Waals surface area contributed by atoms with Gasteiger partial charge in [-0.25, -0.2) is 17.7 Å². The molecule has 1 N–H and O–H groups in total. The quantitative estimate of drug-likeness (QED) is 0.388. The van der Waals surface area contributed by atoms with Crippen LogP contribution in [0.5, 0.6) is 0 Å². The maximum absolute atomic E-state index is 12.5. The second-order valence-electron chi connectivity index (χ2n) is 7.12. The van der Waals surface area contributed by atoms with E-state index in [1.807, 2.05) is 12.1 Å². The largest absolute Gasteiger partial charge is 0.452 e. The Morgan fingerprint density at radius 1 is 1.22 bits per heavy atom. The zero-order valence-corrected chi connectivity index (χ0v) is 19.6. The van der Waals surface area contributed by atoms with Crippen molar-refractivity contribution in [3.8, 4) is 0 Å². The summed E-state index contributed by atoms with van der Waals surface area (Å²) in [5, 5.41) is 2.95. The molecular formula is C21H23N3O6S2. The first kappa shape index (κ1) is 23.8. The molecule has 1 heterocycles. The Morgan fingerprint density at radius 3 is 2.62 bits per heavy atom. The summed E-state index contributed by atoms with van der Waals surface area (Å²) in [7, 11) is -0.807. The number of nitrogens with zero attached hydrogens (tertiary/aromatic N) is 2. The number of carbonyl (C=O) groups is 2. The summed E-state index contributed by atoms with van der Waals surface area (Å²) >= 11 is 1.07. The van der Waals surface area contributed by atoms with Crippen LogP contribution in [0.4, 0.5) is 5.69 Å². The van der Waals surface area contributed by atoms with Crippen molar-refractivity contribution in [1.82, 2.24) is 9.29 Å². The maximum Gasteiger partial charge on any atom is 0.317 e. The molecule has 3 aromatic rings. The molecule has 0 spiro atoms. The van der Waals surface area contributed by atoms with Gasteiger partial charge in [0.1, 0.15) is 11.3 Å². The molecule has 0 unspecified atom stereocenters. The number of carbonyl (C=O) groups excluding carboxylic acids is 2. The number of amides is 1. The summed E-state index contributed by atoms with van der Waals surface area (Å²) in [5.74, 6) is -1.27. The Bertz CT molecular complexity index is 1220. The van der Waals surface area contributed by atoms with Gasteiger partial charge in [0, 0.05) is 19.8 Å². The molecule has 1 atom stereocenters. The lowest BCUT2D eigenvalue weighted by molar-refractivity contribution is -0.150. The van der Waals surface area contributed by atoms with Gasteiger partial charge < -0.3 is 14.5 Å². The summed E-state index contributed by atoms with van der Waals surface area (Å²) in [6.07, 6.45) is -1.08. The van der Waals surface area contributed by atoms with Crippen LogP contribution in [0.2, 0.25) is 0 Å². The van der Waals surface area contributed by atoms with Crippen LogP contribution in [-0.4, -0.2) is 55.5 Å². The van der Waals surface area contributed by atoms with Crippen LogP contribution in [0.25, 0.3) is 11.1 Å². The predicted molar refractivity (Wildman–Crippen MR) is 121 cm³/mol. The first-order chi connectivity index (χ1) is 15.1. The number of aromatic nitrogens is 1. The molecule has 1 amide bonds. The zero-order valence-electron chi connectivity index (χ0n) is 18.0. The number of benzene rings is 2. The molecule has 0 aliphatic carbocycles. The van der Waals surface area contributed by atoms with E-state index in [1.165, 1.54) is 33.2 Å². The molecule has 0 fully saturated rings. The molecule has 170 valence electrons.